The van der Waals surface area contributed by atoms with Crippen LogP contribution in [0.5, 0.6) is 0 Å². The van der Waals surface area contributed by atoms with E-state index < -0.39 is 0 Å². The number of rotatable bonds is 3. The average molecular weight is 314 g/mol. The minimum absolute atomic E-state index is 0.149. The van der Waals surface area contributed by atoms with Crippen molar-refractivity contribution in [3.8, 4) is 0 Å². The van der Waals surface area contributed by atoms with Gasteiger partial charge in [0.25, 0.3) is 0 Å². The van der Waals surface area contributed by atoms with Crippen molar-refractivity contribution in [1.82, 2.24) is 0 Å². The molecule has 1 aliphatic carbocycles. The maximum absolute atomic E-state index is 13.2. The topological polar surface area (TPSA) is 26.0 Å². The van der Waals surface area contributed by atoms with E-state index in [0.29, 0.717) is 5.92 Å². The zero-order chi connectivity index (χ0) is 13.1. The van der Waals surface area contributed by atoms with Crippen molar-refractivity contribution < 1.29 is 4.39 Å². The molecule has 1 nitrogen and oxygen atoms in total. The van der Waals surface area contributed by atoms with Crippen molar-refractivity contribution in [1.29, 1.82) is 0 Å². The highest BCUT2D eigenvalue weighted by Crippen LogP contribution is 2.31. The number of halogens is 2. The van der Waals surface area contributed by atoms with Gasteiger partial charge in [-0.15, -0.1) is 0 Å². The summed E-state index contributed by atoms with van der Waals surface area (Å²) < 4.78 is 14.2. The highest BCUT2D eigenvalue weighted by molar-refractivity contribution is 9.10. The van der Waals surface area contributed by atoms with E-state index in [1.54, 1.807) is 12.1 Å². The third kappa shape index (κ3) is 3.55. The van der Waals surface area contributed by atoms with Crippen LogP contribution in [0.1, 0.15) is 38.2 Å². The summed E-state index contributed by atoms with van der Waals surface area (Å²) in [7, 11) is 0. The molecule has 0 saturated heterocycles. The molecule has 0 aromatic heterocycles. The van der Waals surface area contributed by atoms with Gasteiger partial charge in [0.05, 0.1) is 0 Å². The van der Waals surface area contributed by atoms with Crippen molar-refractivity contribution in [2.45, 2.75) is 45.1 Å². The quantitative estimate of drug-likeness (QED) is 0.885. The minimum Gasteiger partial charge on any atom is -0.327 e. The molecule has 1 aliphatic rings. The third-order valence-corrected chi connectivity index (χ3v) is 4.90. The molecule has 2 rings (SSSR count). The first-order valence-electron chi connectivity index (χ1n) is 6.75. The summed E-state index contributed by atoms with van der Waals surface area (Å²) in [5.74, 6) is 1.25. The fourth-order valence-electron chi connectivity index (χ4n) is 2.83. The number of benzene rings is 1. The van der Waals surface area contributed by atoms with Crippen molar-refractivity contribution in [3.05, 3.63) is 34.1 Å². The van der Waals surface area contributed by atoms with Crippen LogP contribution >= 0.6 is 15.9 Å². The first-order valence-corrected chi connectivity index (χ1v) is 7.55. The van der Waals surface area contributed by atoms with Crippen LogP contribution in [0.25, 0.3) is 0 Å². The van der Waals surface area contributed by atoms with E-state index in [-0.39, 0.29) is 11.9 Å². The Balaban J connectivity index is 1.98. The molecule has 0 bridgehead atoms. The Morgan fingerprint density at radius 1 is 1.33 bits per heavy atom. The van der Waals surface area contributed by atoms with Crippen molar-refractivity contribution in [2.24, 2.45) is 17.6 Å². The molecule has 1 aromatic rings. The van der Waals surface area contributed by atoms with Gasteiger partial charge >= 0.3 is 0 Å². The van der Waals surface area contributed by atoms with Crippen LogP contribution in [-0.2, 0) is 6.42 Å². The molecule has 0 aliphatic heterocycles. The Kier molecular flexibility index (Phi) is 4.79. The third-order valence-electron chi connectivity index (χ3n) is 4.13. The molecule has 0 heterocycles. The summed E-state index contributed by atoms with van der Waals surface area (Å²) in [5.41, 5.74) is 7.29. The Labute approximate surface area is 117 Å². The average Bonchev–Trinajstić information content (AvgIpc) is 2.34. The van der Waals surface area contributed by atoms with Crippen LogP contribution in [0.2, 0.25) is 0 Å². The Bertz CT molecular complexity index is 399. The van der Waals surface area contributed by atoms with E-state index in [9.17, 15) is 4.39 Å². The van der Waals surface area contributed by atoms with E-state index in [1.165, 1.54) is 31.7 Å². The lowest BCUT2D eigenvalue weighted by molar-refractivity contribution is 0.253. The van der Waals surface area contributed by atoms with E-state index in [0.717, 1.165) is 22.4 Å². The van der Waals surface area contributed by atoms with Gasteiger partial charge < -0.3 is 5.73 Å². The second kappa shape index (κ2) is 6.16. The summed E-state index contributed by atoms with van der Waals surface area (Å²) in [5, 5.41) is 0. The fourth-order valence-corrected chi connectivity index (χ4v) is 3.24. The maximum Gasteiger partial charge on any atom is 0.123 e. The van der Waals surface area contributed by atoms with E-state index in [4.69, 9.17) is 5.73 Å². The Hall–Kier alpha value is -0.410. The summed E-state index contributed by atoms with van der Waals surface area (Å²) in [6.07, 6.45) is 5.76. The SMILES string of the molecule is CC1CCC(C(N)Cc2cc(F)ccc2Br)CC1. The predicted octanol–water partition coefficient (Wildman–Crippen LogP) is 4.28. The predicted molar refractivity (Wildman–Crippen MR) is 76.9 cm³/mol. The summed E-state index contributed by atoms with van der Waals surface area (Å²) in [6, 6.07) is 4.98. The van der Waals surface area contributed by atoms with Crippen LogP contribution < -0.4 is 5.73 Å². The van der Waals surface area contributed by atoms with Gasteiger partial charge in [-0.1, -0.05) is 35.7 Å². The number of nitrogens with two attached hydrogens (primary N) is 1. The molecule has 1 saturated carbocycles. The van der Waals surface area contributed by atoms with Crippen molar-refractivity contribution in [2.75, 3.05) is 0 Å². The zero-order valence-corrected chi connectivity index (χ0v) is 12.4. The summed E-state index contributed by atoms with van der Waals surface area (Å²) in [4.78, 5) is 0. The van der Waals surface area contributed by atoms with Gasteiger partial charge in [0.15, 0.2) is 0 Å². The lowest BCUT2D eigenvalue weighted by atomic mass is 9.78. The number of hydrogen-bond donors (Lipinski definition) is 1. The minimum atomic E-state index is -0.183. The molecule has 100 valence electrons. The van der Waals surface area contributed by atoms with Gasteiger partial charge in [-0.25, -0.2) is 4.39 Å². The zero-order valence-electron chi connectivity index (χ0n) is 10.8. The summed E-state index contributed by atoms with van der Waals surface area (Å²) in [6.45, 7) is 2.31. The van der Waals surface area contributed by atoms with Crippen molar-refractivity contribution >= 4 is 15.9 Å². The maximum atomic E-state index is 13.2. The molecule has 1 fully saturated rings. The summed E-state index contributed by atoms with van der Waals surface area (Å²) >= 11 is 3.47. The first kappa shape index (κ1) is 14.0. The second-order valence-electron chi connectivity index (χ2n) is 5.62. The molecule has 0 amide bonds. The Morgan fingerprint density at radius 2 is 2.00 bits per heavy atom. The van der Waals surface area contributed by atoms with E-state index in [1.807, 2.05) is 0 Å². The molecule has 2 N–H and O–H groups in total. The van der Waals surface area contributed by atoms with Crippen LogP contribution in [0.15, 0.2) is 22.7 Å². The van der Waals surface area contributed by atoms with Gasteiger partial charge in [-0.2, -0.15) is 0 Å². The van der Waals surface area contributed by atoms with Gasteiger partial charge in [-0.05, 0) is 54.9 Å². The molecule has 18 heavy (non-hydrogen) atoms. The lowest BCUT2D eigenvalue weighted by Gasteiger charge is -2.30. The van der Waals surface area contributed by atoms with Gasteiger partial charge in [0, 0.05) is 10.5 Å². The molecular weight excluding hydrogens is 293 g/mol. The Morgan fingerprint density at radius 3 is 2.67 bits per heavy atom. The molecule has 1 atom stereocenters. The van der Waals surface area contributed by atoms with Crippen LogP contribution in [-0.4, -0.2) is 6.04 Å². The van der Waals surface area contributed by atoms with Gasteiger partial charge in [0.2, 0.25) is 0 Å². The lowest BCUT2D eigenvalue weighted by Crippen LogP contribution is -2.34. The molecule has 0 spiro atoms. The standard InChI is InChI=1S/C15H21BrFN/c1-10-2-4-11(5-3-10)15(18)9-12-8-13(17)6-7-14(12)16/h6-8,10-11,15H,2-5,9,18H2,1H3. The van der Waals surface area contributed by atoms with Crippen molar-refractivity contribution in [3.63, 3.8) is 0 Å². The van der Waals surface area contributed by atoms with Crippen LogP contribution in [0.4, 0.5) is 4.39 Å². The second-order valence-corrected chi connectivity index (χ2v) is 6.48. The first-order chi connectivity index (χ1) is 8.56. The molecule has 0 radical (unpaired) electrons. The van der Waals surface area contributed by atoms with E-state index in [2.05, 4.69) is 22.9 Å². The largest absolute Gasteiger partial charge is 0.327 e. The highest BCUT2D eigenvalue weighted by Gasteiger charge is 2.24. The molecule has 3 heteroatoms. The fraction of sp³-hybridized carbons (Fsp3) is 0.600. The molecular formula is C15H21BrFN. The van der Waals surface area contributed by atoms with Crippen LogP contribution in [0.3, 0.4) is 0 Å². The monoisotopic (exact) mass is 313 g/mol. The molecule has 1 unspecified atom stereocenters. The van der Waals surface area contributed by atoms with Gasteiger partial charge in [-0.3, -0.25) is 0 Å². The number of hydrogen-bond acceptors (Lipinski definition) is 1. The molecule has 1 aromatic carbocycles. The highest BCUT2D eigenvalue weighted by atomic mass is 79.9. The smallest absolute Gasteiger partial charge is 0.123 e. The van der Waals surface area contributed by atoms with Gasteiger partial charge in [0.1, 0.15) is 5.82 Å². The normalized spacial score (nSPS) is 26.0. The van der Waals surface area contributed by atoms with Crippen LogP contribution in [0, 0.1) is 17.7 Å². The van der Waals surface area contributed by atoms with E-state index >= 15 is 0 Å².